The molecule has 1 atom stereocenters. The summed E-state index contributed by atoms with van der Waals surface area (Å²) in [5, 5.41) is 5.00. The first-order valence-corrected chi connectivity index (χ1v) is 7.71. The van der Waals surface area contributed by atoms with Gasteiger partial charge in [0.15, 0.2) is 0 Å². The molecule has 1 N–H and O–H groups in total. The Morgan fingerprint density at radius 2 is 1.86 bits per heavy atom. The van der Waals surface area contributed by atoms with E-state index in [0.717, 1.165) is 22.8 Å². The maximum absolute atomic E-state index is 6.07. The van der Waals surface area contributed by atoms with Crippen molar-refractivity contribution in [2.45, 2.75) is 25.9 Å². The largest absolute Gasteiger partial charge is 0.496 e. The fraction of sp³-hybridized carbons (Fsp3) is 0.294. The summed E-state index contributed by atoms with van der Waals surface area (Å²) in [6.07, 6.45) is 0.975. The van der Waals surface area contributed by atoms with Crippen molar-refractivity contribution in [3.8, 4) is 5.75 Å². The molecule has 0 heterocycles. The van der Waals surface area contributed by atoms with Crippen LogP contribution >= 0.6 is 23.2 Å². The van der Waals surface area contributed by atoms with Crippen LogP contribution in [0.5, 0.6) is 5.75 Å². The van der Waals surface area contributed by atoms with Gasteiger partial charge in [0.2, 0.25) is 0 Å². The van der Waals surface area contributed by atoms with E-state index in [1.165, 1.54) is 5.56 Å². The van der Waals surface area contributed by atoms with Gasteiger partial charge in [0.1, 0.15) is 5.75 Å². The Morgan fingerprint density at radius 1 is 1.10 bits per heavy atom. The van der Waals surface area contributed by atoms with E-state index >= 15 is 0 Å². The predicted molar refractivity (Wildman–Crippen MR) is 89.3 cm³/mol. The SMILES string of the molecule is CCC(NCc1cc(Cl)ccc1OC)c1cccc(Cl)c1. The highest BCUT2D eigenvalue weighted by molar-refractivity contribution is 6.30. The first kappa shape index (κ1) is 16.2. The van der Waals surface area contributed by atoms with E-state index in [9.17, 15) is 0 Å². The van der Waals surface area contributed by atoms with E-state index in [0.29, 0.717) is 11.6 Å². The lowest BCUT2D eigenvalue weighted by Crippen LogP contribution is -2.20. The molecule has 0 bridgehead atoms. The molecular formula is C17H19Cl2NO. The van der Waals surface area contributed by atoms with Crippen LogP contribution in [-0.4, -0.2) is 7.11 Å². The van der Waals surface area contributed by atoms with Crippen LogP contribution in [-0.2, 0) is 6.54 Å². The standard InChI is InChI=1S/C17H19Cl2NO/c1-3-16(12-5-4-6-14(18)9-12)20-11-13-10-15(19)7-8-17(13)21-2/h4-10,16,20H,3,11H2,1-2H3. The number of halogens is 2. The zero-order chi connectivity index (χ0) is 15.2. The maximum Gasteiger partial charge on any atom is 0.123 e. The number of rotatable bonds is 6. The minimum Gasteiger partial charge on any atom is -0.496 e. The molecule has 0 saturated heterocycles. The topological polar surface area (TPSA) is 21.3 Å². The van der Waals surface area contributed by atoms with Gasteiger partial charge in [-0.05, 0) is 42.3 Å². The third-order valence-corrected chi connectivity index (χ3v) is 3.91. The molecule has 0 fully saturated rings. The number of benzene rings is 2. The van der Waals surface area contributed by atoms with Crippen molar-refractivity contribution < 1.29 is 4.74 Å². The van der Waals surface area contributed by atoms with Crippen LogP contribution in [0.3, 0.4) is 0 Å². The Balaban J connectivity index is 2.12. The molecule has 0 saturated carbocycles. The van der Waals surface area contributed by atoms with Crippen molar-refractivity contribution in [3.63, 3.8) is 0 Å². The molecule has 0 aliphatic rings. The molecule has 2 nitrogen and oxygen atoms in total. The number of ether oxygens (including phenoxy) is 1. The molecule has 2 rings (SSSR count). The Morgan fingerprint density at radius 3 is 2.52 bits per heavy atom. The summed E-state index contributed by atoms with van der Waals surface area (Å²) >= 11 is 12.1. The van der Waals surface area contributed by atoms with Gasteiger partial charge in [0.05, 0.1) is 7.11 Å². The molecule has 0 amide bonds. The zero-order valence-electron chi connectivity index (χ0n) is 12.2. The molecule has 0 spiro atoms. The molecule has 0 aliphatic carbocycles. The van der Waals surface area contributed by atoms with E-state index in [-0.39, 0.29) is 6.04 Å². The number of methoxy groups -OCH3 is 1. The van der Waals surface area contributed by atoms with Crippen molar-refractivity contribution >= 4 is 23.2 Å². The summed E-state index contributed by atoms with van der Waals surface area (Å²) in [4.78, 5) is 0. The van der Waals surface area contributed by atoms with Crippen molar-refractivity contribution in [1.82, 2.24) is 5.32 Å². The molecular weight excluding hydrogens is 305 g/mol. The van der Waals surface area contributed by atoms with Crippen LogP contribution < -0.4 is 10.1 Å². The molecule has 21 heavy (non-hydrogen) atoms. The lowest BCUT2D eigenvalue weighted by Gasteiger charge is -2.19. The smallest absolute Gasteiger partial charge is 0.123 e. The third kappa shape index (κ3) is 4.37. The quantitative estimate of drug-likeness (QED) is 0.784. The monoisotopic (exact) mass is 323 g/mol. The lowest BCUT2D eigenvalue weighted by atomic mass is 10.0. The molecule has 0 radical (unpaired) electrons. The number of nitrogens with one attached hydrogen (secondary N) is 1. The van der Waals surface area contributed by atoms with Crippen LogP contribution in [0.25, 0.3) is 0 Å². The summed E-state index contributed by atoms with van der Waals surface area (Å²) < 4.78 is 5.37. The average Bonchev–Trinajstić information content (AvgIpc) is 2.48. The lowest BCUT2D eigenvalue weighted by molar-refractivity contribution is 0.404. The van der Waals surface area contributed by atoms with Gasteiger partial charge in [-0.3, -0.25) is 0 Å². The molecule has 1 unspecified atom stereocenters. The normalized spacial score (nSPS) is 12.2. The van der Waals surface area contributed by atoms with Crippen molar-refractivity contribution in [2.75, 3.05) is 7.11 Å². The molecule has 2 aromatic rings. The summed E-state index contributed by atoms with van der Waals surface area (Å²) in [5.41, 5.74) is 2.23. The van der Waals surface area contributed by atoms with E-state index in [1.807, 2.05) is 36.4 Å². The first-order valence-electron chi connectivity index (χ1n) is 6.95. The minimum absolute atomic E-state index is 0.243. The average molecular weight is 324 g/mol. The highest BCUT2D eigenvalue weighted by Crippen LogP contribution is 2.25. The Labute approximate surface area is 136 Å². The Hall–Kier alpha value is -1.22. The van der Waals surface area contributed by atoms with Crippen molar-refractivity contribution in [1.29, 1.82) is 0 Å². The van der Waals surface area contributed by atoms with Crippen molar-refractivity contribution in [2.24, 2.45) is 0 Å². The highest BCUT2D eigenvalue weighted by Gasteiger charge is 2.11. The van der Waals surface area contributed by atoms with E-state index in [1.54, 1.807) is 7.11 Å². The molecule has 4 heteroatoms. The van der Waals surface area contributed by atoms with Gasteiger partial charge < -0.3 is 10.1 Å². The Bertz CT molecular complexity index is 601. The predicted octanol–water partition coefficient (Wildman–Crippen LogP) is 5.24. The summed E-state index contributed by atoms with van der Waals surface area (Å²) in [5.74, 6) is 0.841. The summed E-state index contributed by atoms with van der Waals surface area (Å²) in [7, 11) is 1.67. The van der Waals surface area contributed by atoms with Gasteiger partial charge in [-0.15, -0.1) is 0 Å². The van der Waals surface area contributed by atoms with Crippen LogP contribution in [0.4, 0.5) is 0 Å². The van der Waals surface area contributed by atoms with Gasteiger partial charge in [0, 0.05) is 28.2 Å². The van der Waals surface area contributed by atoms with Gasteiger partial charge in [0.25, 0.3) is 0 Å². The van der Waals surface area contributed by atoms with Gasteiger partial charge in [-0.25, -0.2) is 0 Å². The van der Waals surface area contributed by atoms with Crippen LogP contribution in [0, 0.1) is 0 Å². The Kier molecular flexibility index (Phi) is 5.92. The van der Waals surface area contributed by atoms with Gasteiger partial charge in [-0.1, -0.05) is 42.3 Å². The second-order valence-electron chi connectivity index (χ2n) is 4.85. The minimum atomic E-state index is 0.243. The van der Waals surface area contributed by atoms with E-state index in [4.69, 9.17) is 27.9 Å². The van der Waals surface area contributed by atoms with Crippen molar-refractivity contribution in [3.05, 3.63) is 63.6 Å². The fourth-order valence-electron chi connectivity index (χ4n) is 2.34. The second kappa shape index (κ2) is 7.69. The van der Waals surface area contributed by atoms with E-state index < -0.39 is 0 Å². The molecule has 112 valence electrons. The van der Waals surface area contributed by atoms with E-state index in [2.05, 4.69) is 18.3 Å². The molecule has 2 aromatic carbocycles. The van der Waals surface area contributed by atoms with Crippen LogP contribution in [0.1, 0.15) is 30.5 Å². The van der Waals surface area contributed by atoms with Crippen LogP contribution in [0.15, 0.2) is 42.5 Å². The van der Waals surface area contributed by atoms with Gasteiger partial charge >= 0.3 is 0 Å². The number of hydrogen-bond acceptors (Lipinski definition) is 2. The zero-order valence-corrected chi connectivity index (χ0v) is 13.7. The summed E-state index contributed by atoms with van der Waals surface area (Å²) in [6.45, 7) is 2.84. The third-order valence-electron chi connectivity index (χ3n) is 3.44. The first-order chi connectivity index (χ1) is 10.1. The molecule has 0 aromatic heterocycles. The van der Waals surface area contributed by atoms with Gasteiger partial charge in [-0.2, -0.15) is 0 Å². The maximum atomic E-state index is 6.07. The van der Waals surface area contributed by atoms with Crippen LogP contribution in [0.2, 0.25) is 10.0 Å². The number of hydrogen-bond donors (Lipinski definition) is 1. The highest BCUT2D eigenvalue weighted by atomic mass is 35.5. The summed E-state index contributed by atoms with van der Waals surface area (Å²) in [6, 6.07) is 13.8. The molecule has 0 aliphatic heterocycles. The fourth-order valence-corrected chi connectivity index (χ4v) is 2.73. The second-order valence-corrected chi connectivity index (χ2v) is 5.73.